The summed E-state index contributed by atoms with van der Waals surface area (Å²) in [5.74, 6) is 0.928. The zero-order valence-corrected chi connectivity index (χ0v) is 5.49. The van der Waals surface area contributed by atoms with Crippen LogP contribution in [0.4, 0.5) is 0 Å². The summed E-state index contributed by atoms with van der Waals surface area (Å²) >= 11 is 1.53. The van der Waals surface area contributed by atoms with Crippen LogP contribution in [0.25, 0.3) is 0 Å². The van der Waals surface area contributed by atoms with Crippen LogP contribution in [0.15, 0.2) is 11.4 Å². The summed E-state index contributed by atoms with van der Waals surface area (Å²) in [7, 11) is 0. The molecule has 1 rings (SSSR count). The summed E-state index contributed by atoms with van der Waals surface area (Å²) < 4.78 is 5.12. The first-order valence-electron chi connectivity index (χ1n) is 2.51. The molecule has 0 fully saturated rings. The van der Waals surface area contributed by atoms with Gasteiger partial charge >= 0.3 is 0 Å². The van der Waals surface area contributed by atoms with Crippen molar-refractivity contribution in [3.05, 3.63) is 16.8 Å². The van der Waals surface area contributed by atoms with Crippen LogP contribution in [0.2, 0.25) is 0 Å². The maximum Gasteiger partial charge on any atom is 0.130 e. The van der Waals surface area contributed by atoms with Crippen molar-refractivity contribution in [2.24, 2.45) is 0 Å². The molecule has 2 heteroatoms. The predicted octanol–water partition coefficient (Wildman–Crippen LogP) is 1.95. The predicted molar refractivity (Wildman–Crippen MR) is 34.3 cm³/mol. The lowest BCUT2D eigenvalue weighted by Gasteiger charge is -1.94. The molecule has 0 amide bonds. The minimum absolute atomic E-state index is 0.741. The fraction of sp³-hybridized carbons (Fsp3) is 0.333. The Bertz CT molecular complexity index is 134. The Morgan fingerprint density at radius 2 is 2.75 bits per heavy atom. The van der Waals surface area contributed by atoms with Crippen molar-refractivity contribution < 1.29 is 4.74 Å². The fourth-order valence-corrected chi connectivity index (χ4v) is 0.965. The number of ether oxygens (including phenoxy) is 1. The van der Waals surface area contributed by atoms with E-state index in [0.717, 1.165) is 12.4 Å². The average Bonchev–Trinajstić information content (AvgIpc) is 2.19. The molecule has 1 aromatic rings. The normalized spacial score (nSPS) is 9.12. The van der Waals surface area contributed by atoms with Gasteiger partial charge in [-0.15, -0.1) is 11.3 Å². The van der Waals surface area contributed by atoms with Gasteiger partial charge in [0.05, 0.1) is 6.61 Å². The second-order valence-electron chi connectivity index (χ2n) is 1.33. The van der Waals surface area contributed by atoms with E-state index in [1.54, 1.807) is 0 Å². The molecular formula is C6H7OS. The van der Waals surface area contributed by atoms with Crippen molar-refractivity contribution in [2.75, 3.05) is 6.61 Å². The van der Waals surface area contributed by atoms with Crippen molar-refractivity contribution in [3.8, 4) is 5.75 Å². The maximum absolute atomic E-state index is 5.12. The van der Waals surface area contributed by atoms with Crippen molar-refractivity contribution in [1.29, 1.82) is 0 Å². The summed E-state index contributed by atoms with van der Waals surface area (Å²) in [4.78, 5) is 0. The molecule has 1 nitrogen and oxygen atoms in total. The molecule has 0 spiro atoms. The molecule has 43 valence electrons. The average molecular weight is 127 g/mol. The topological polar surface area (TPSA) is 9.23 Å². The Kier molecular flexibility index (Phi) is 1.92. The number of rotatable bonds is 2. The summed E-state index contributed by atoms with van der Waals surface area (Å²) in [5.41, 5.74) is 0. The molecule has 1 aromatic heterocycles. The molecule has 0 aliphatic carbocycles. The van der Waals surface area contributed by atoms with Crippen LogP contribution in [-0.2, 0) is 0 Å². The standard InChI is InChI=1S/C6H7OS/c1-2-7-6-3-4-8-5-6/h3,5H,2H2,1H3. The van der Waals surface area contributed by atoms with Gasteiger partial charge in [0.1, 0.15) is 5.75 Å². The lowest BCUT2D eigenvalue weighted by atomic mass is 10.6. The van der Waals surface area contributed by atoms with Crippen molar-refractivity contribution in [1.82, 2.24) is 0 Å². The maximum atomic E-state index is 5.12. The molecule has 0 saturated carbocycles. The van der Waals surface area contributed by atoms with Gasteiger partial charge < -0.3 is 4.74 Å². The van der Waals surface area contributed by atoms with E-state index in [0.29, 0.717) is 0 Å². The second kappa shape index (κ2) is 2.72. The van der Waals surface area contributed by atoms with Crippen molar-refractivity contribution >= 4 is 11.3 Å². The minimum Gasteiger partial charge on any atom is -0.493 e. The first-order chi connectivity index (χ1) is 3.93. The zero-order valence-electron chi connectivity index (χ0n) is 4.68. The molecule has 0 atom stereocenters. The molecule has 0 aliphatic rings. The number of hydrogen-bond acceptors (Lipinski definition) is 2. The van der Waals surface area contributed by atoms with Crippen LogP contribution < -0.4 is 4.74 Å². The van der Waals surface area contributed by atoms with E-state index in [1.165, 1.54) is 11.3 Å². The van der Waals surface area contributed by atoms with Crippen LogP contribution in [0.3, 0.4) is 0 Å². The molecule has 0 unspecified atom stereocenters. The van der Waals surface area contributed by atoms with E-state index < -0.39 is 0 Å². The summed E-state index contributed by atoms with van der Waals surface area (Å²) in [5, 5.41) is 4.87. The third kappa shape index (κ3) is 1.23. The smallest absolute Gasteiger partial charge is 0.130 e. The Morgan fingerprint density at radius 1 is 1.88 bits per heavy atom. The van der Waals surface area contributed by atoms with Gasteiger partial charge in [0.2, 0.25) is 0 Å². The molecule has 1 radical (unpaired) electrons. The monoisotopic (exact) mass is 127 g/mol. The number of thiophene rings is 1. The van der Waals surface area contributed by atoms with Crippen molar-refractivity contribution in [3.63, 3.8) is 0 Å². The van der Waals surface area contributed by atoms with E-state index in [1.807, 2.05) is 18.4 Å². The lowest BCUT2D eigenvalue weighted by Crippen LogP contribution is -1.87. The first-order valence-corrected chi connectivity index (χ1v) is 3.39. The minimum atomic E-state index is 0.741. The largest absolute Gasteiger partial charge is 0.493 e. The third-order valence-corrected chi connectivity index (χ3v) is 1.36. The van der Waals surface area contributed by atoms with Gasteiger partial charge in [-0.05, 0) is 13.0 Å². The molecular weight excluding hydrogens is 120 g/mol. The molecule has 0 saturated heterocycles. The SMILES string of the molecule is CCOc1c[c]sc1. The molecule has 8 heavy (non-hydrogen) atoms. The van der Waals surface area contributed by atoms with Crippen LogP contribution in [0.5, 0.6) is 5.75 Å². The van der Waals surface area contributed by atoms with Gasteiger partial charge in [-0.3, -0.25) is 0 Å². The Morgan fingerprint density at radius 3 is 3.25 bits per heavy atom. The highest BCUT2D eigenvalue weighted by Crippen LogP contribution is 2.13. The van der Waals surface area contributed by atoms with E-state index in [9.17, 15) is 0 Å². The van der Waals surface area contributed by atoms with E-state index in [2.05, 4.69) is 5.38 Å². The highest BCUT2D eigenvalue weighted by atomic mass is 32.1. The zero-order chi connectivity index (χ0) is 5.82. The highest BCUT2D eigenvalue weighted by Gasteiger charge is 1.86. The molecule has 1 heterocycles. The number of hydrogen-bond donors (Lipinski definition) is 0. The van der Waals surface area contributed by atoms with Crippen molar-refractivity contribution in [2.45, 2.75) is 6.92 Å². The van der Waals surface area contributed by atoms with Gasteiger partial charge in [0.15, 0.2) is 0 Å². The fourth-order valence-electron chi connectivity index (χ4n) is 0.461. The highest BCUT2D eigenvalue weighted by molar-refractivity contribution is 7.07. The molecule has 0 N–H and O–H groups in total. The van der Waals surface area contributed by atoms with Gasteiger partial charge in [-0.1, -0.05) is 0 Å². The quantitative estimate of drug-likeness (QED) is 0.590. The van der Waals surface area contributed by atoms with E-state index >= 15 is 0 Å². The molecule has 0 bridgehead atoms. The van der Waals surface area contributed by atoms with Crippen LogP contribution in [-0.4, -0.2) is 6.61 Å². The van der Waals surface area contributed by atoms with Gasteiger partial charge in [0.25, 0.3) is 0 Å². The summed E-state index contributed by atoms with van der Waals surface area (Å²) in [6, 6.07) is 1.84. The second-order valence-corrected chi connectivity index (χ2v) is 2.04. The van der Waals surface area contributed by atoms with Crippen LogP contribution >= 0.6 is 11.3 Å². The first kappa shape index (κ1) is 5.63. The molecule has 0 aliphatic heterocycles. The van der Waals surface area contributed by atoms with E-state index in [4.69, 9.17) is 4.74 Å². The summed E-state index contributed by atoms with van der Waals surface area (Å²) in [6.07, 6.45) is 0. The third-order valence-electron chi connectivity index (χ3n) is 0.755. The van der Waals surface area contributed by atoms with Gasteiger partial charge in [-0.2, -0.15) is 0 Å². The Labute approximate surface area is 52.9 Å². The Balaban J connectivity index is 2.50. The van der Waals surface area contributed by atoms with E-state index in [-0.39, 0.29) is 0 Å². The molecule has 0 aromatic carbocycles. The van der Waals surface area contributed by atoms with Gasteiger partial charge in [0, 0.05) is 10.8 Å². The Hall–Kier alpha value is -0.500. The van der Waals surface area contributed by atoms with Gasteiger partial charge in [-0.25, -0.2) is 0 Å². The lowest BCUT2D eigenvalue weighted by molar-refractivity contribution is 0.341. The van der Waals surface area contributed by atoms with Crippen LogP contribution in [0.1, 0.15) is 6.92 Å². The summed E-state index contributed by atoms with van der Waals surface area (Å²) in [6.45, 7) is 2.71. The van der Waals surface area contributed by atoms with Crippen LogP contribution in [0, 0.1) is 5.38 Å².